The van der Waals surface area contributed by atoms with E-state index < -0.39 is 0 Å². The van der Waals surface area contributed by atoms with Crippen LogP contribution in [0, 0.1) is 18.3 Å². The van der Waals surface area contributed by atoms with Gasteiger partial charge in [0.05, 0.1) is 35.7 Å². The lowest BCUT2D eigenvalue weighted by atomic mass is 9.93. The van der Waals surface area contributed by atoms with Crippen LogP contribution in [-0.2, 0) is 0 Å². The number of rotatable bonds is 6. The highest BCUT2D eigenvalue weighted by atomic mass is 15.3. The molecule has 1 unspecified atom stereocenters. The van der Waals surface area contributed by atoms with Crippen molar-refractivity contribution in [2.24, 2.45) is 5.92 Å². The summed E-state index contributed by atoms with van der Waals surface area (Å²) < 4.78 is 6.11. The molecule has 7 nitrogen and oxygen atoms in total. The Labute approximate surface area is 174 Å². The van der Waals surface area contributed by atoms with E-state index in [0.29, 0.717) is 18.4 Å². The number of nitrogens with zero attached hydrogens (tertiary/aromatic N) is 7. The predicted octanol–water partition coefficient (Wildman–Crippen LogP) is 4.16. The standard InChI is InChI=1S/C23H23N7/c1-2-4-21(16-7-8-16)30-15-18(13-26-30)23-27-20(11-22-24-9-10-28(22)23)17-12-25-29(14-17)19-5-3-6-19/h1,9-16,19,21H,3-8H2. The van der Waals surface area contributed by atoms with Gasteiger partial charge in [-0.15, -0.1) is 12.3 Å². The van der Waals surface area contributed by atoms with Crippen LogP contribution in [0.3, 0.4) is 0 Å². The molecule has 4 aromatic rings. The SMILES string of the molecule is C#CCC(C1CC1)n1cc(-c2nc(-c3cnn(C4CCC4)c3)cc3nccn23)cn1. The van der Waals surface area contributed by atoms with Crippen molar-refractivity contribution in [1.82, 2.24) is 33.9 Å². The number of aromatic nitrogens is 7. The fraction of sp³-hybridized carbons (Fsp3) is 0.391. The topological polar surface area (TPSA) is 65.8 Å². The average molecular weight is 397 g/mol. The Hall–Kier alpha value is -3.40. The molecule has 0 saturated heterocycles. The second-order valence-electron chi connectivity index (χ2n) is 8.44. The third-order valence-electron chi connectivity index (χ3n) is 6.43. The van der Waals surface area contributed by atoms with Crippen LogP contribution in [0.1, 0.15) is 50.6 Å². The van der Waals surface area contributed by atoms with Gasteiger partial charge < -0.3 is 0 Å². The van der Waals surface area contributed by atoms with Crippen LogP contribution in [-0.4, -0.2) is 33.9 Å². The summed E-state index contributed by atoms with van der Waals surface area (Å²) in [5.74, 6) is 4.28. The molecule has 7 heteroatoms. The van der Waals surface area contributed by atoms with E-state index in [-0.39, 0.29) is 6.04 Å². The molecule has 0 aliphatic heterocycles. The van der Waals surface area contributed by atoms with Gasteiger partial charge in [0.2, 0.25) is 0 Å². The smallest absolute Gasteiger partial charge is 0.149 e. The Bertz CT molecular complexity index is 1250. The van der Waals surface area contributed by atoms with E-state index in [1.165, 1.54) is 32.1 Å². The quantitative estimate of drug-likeness (QED) is 0.458. The first-order valence-corrected chi connectivity index (χ1v) is 10.7. The largest absolute Gasteiger partial charge is 0.284 e. The summed E-state index contributed by atoms with van der Waals surface area (Å²) in [5.41, 5.74) is 3.73. The molecule has 0 bridgehead atoms. The number of fused-ring (bicyclic) bond motifs is 1. The predicted molar refractivity (Wildman–Crippen MR) is 114 cm³/mol. The van der Waals surface area contributed by atoms with Crippen molar-refractivity contribution in [3.05, 3.63) is 43.2 Å². The number of hydrogen-bond donors (Lipinski definition) is 0. The molecule has 0 aromatic carbocycles. The lowest BCUT2D eigenvalue weighted by Crippen LogP contribution is -2.16. The average Bonchev–Trinajstić information content (AvgIpc) is 3.12. The summed E-state index contributed by atoms with van der Waals surface area (Å²) in [6.45, 7) is 0. The molecule has 2 aliphatic rings. The molecule has 1 atom stereocenters. The van der Waals surface area contributed by atoms with Gasteiger partial charge in [-0.1, -0.05) is 0 Å². The first kappa shape index (κ1) is 17.5. The highest BCUT2D eigenvalue weighted by Crippen LogP contribution is 2.41. The van der Waals surface area contributed by atoms with Crippen LogP contribution in [0.15, 0.2) is 43.2 Å². The van der Waals surface area contributed by atoms with Gasteiger partial charge in [-0.25, -0.2) is 9.97 Å². The molecular formula is C23H23N7. The molecule has 0 amide bonds. The van der Waals surface area contributed by atoms with Crippen molar-refractivity contribution in [2.75, 3.05) is 0 Å². The maximum atomic E-state index is 5.61. The van der Waals surface area contributed by atoms with Gasteiger partial charge in [-0.3, -0.25) is 13.8 Å². The van der Waals surface area contributed by atoms with E-state index in [1.54, 1.807) is 6.20 Å². The Kier molecular flexibility index (Phi) is 3.98. The molecule has 4 aromatic heterocycles. The van der Waals surface area contributed by atoms with Crippen LogP contribution in [0.5, 0.6) is 0 Å². The zero-order chi connectivity index (χ0) is 20.1. The lowest BCUT2D eigenvalue weighted by Gasteiger charge is -2.25. The highest BCUT2D eigenvalue weighted by Gasteiger charge is 2.32. The van der Waals surface area contributed by atoms with Gasteiger partial charge in [-0.05, 0) is 38.0 Å². The summed E-state index contributed by atoms with van der Waals surface area (Å²) in [7, 11) is 0. The van der Waals surface area contributed by atoms with Crippen molar-refractivity contribution in [3.63, 3.8) is 0 Å². The monoisotopic (exact) mass is 397 g/mol. The van der Waals surface area contributed by atoms with E-state index in [9.17, 15) is 0 Å². The van der Waals surface area contributed by atoms with Gasteiger partial charge >= 0.3 is 0 Å². The molecule has 0 radical (unpaired) electrons. The van der Waals surface area contributed by atoms with Crippen LogP contribution in [0.4, 0.5) is 0 Å². The van der Waals surface area contributed by atoms with Crippen LogP contribution in [0.25, 0.3) is 28.3 Å². The third-order valence-corrected chi connectivity index (χ3v) is 6.43. The summed E-state index contributed by atoms with van der Waals surface area (Å²) in [5, 5.41) is 9.22. The molecule has 6 rings (SSSR count). The molecule has 150 valence electrons. The van der Waals surface area contributed by atoms with Gasteiger partial charge in [0.15, 0.2) is 0 Å². The van der Waals surface area contributed by atoms with Gasteiger partial charge in [0.25, 0.3) is 0 Å². The van der Waals surface area contributed by atoms with Crippen molar-refractivity contribution in [3.8, 4) is 35.0 Å². The fourth-order valence-corrected chi connectivity index (χ4v) is 4.31. The molecule has 2 saturated carbocycles. The summed E-state index contributed by atoms with van der Waals surface area (Å²) in [4.78, 5) is 9.50. The normalized spacial score (nSPS) is 17.7. The van der Waals surface area contributed by atoms with Crippen molar-refractivity contribution in [1.29, 1.82) is 0 Å². The van der Waals surface area contributed by atoms with Crippen LogP contribution < -0.4 is 0 Å². The Morgan fingerprint density at radius 2 is 1.97 bits per heavy atom. The summed E-state index contributed by atoms with van der Waals surface area (Å²) in [6, 6.07) is 2.81. The second-order valence-corrected chi connectivity index (χ2v) is 8.44. The Balaban J connectivity index is 1.40. The zero-order valence-electron chi connectivity index (χ0n) is 16.7. The molecule has 2 aliphatic carbocycles. The van der Waals surface area contributed by atoms with E-state index in [4.69, 9.17) is 11.4 Å². The molecule has 2 fully saturated rings. The van der Waals surface area contributed by atoms with Gasteiger partial charge in [0.1, 0.15) is 11.5 Å². The minimum absolute atomic E-state index is 0.269. The van der Waals surface area contributed by atoms with Crippen LogP contribution >= 0.6 is 0 Å². The molecule has 30 heavy (non-hydrogen) atoms. The fourth-order valence-electron chi connectivity index (χ4n) is 4.31. The number of terminal acetylenes is 1. The third kappa shape index (κ3) is 2.91. The minimum atomic E-state index is 0.269. The van der Waals surface area contributed by atoms with Crippen LogP contribution in [0.2, 0.25) is 0 Å². The summed E-state index contributed by atoms with van der Waals surface area (Å²) >= 11 is 0. The molecule has 4 heterocycles. The van der Waals surface area contributed by atoms with Crippen molar-refractivity contribution < 1.29 is 0 Å². The Morgan fingerprint density at radius 3 is 2.73 bits per heavy atom. The second kappa shape index (κ2) is 6.84. The highest BCUT2D eigenvalue weighted by molar-refractivity contribution is 5.68. The van der Waals surface area contributed by atoms with Gasteiger partial charge in [-0.2, -0.15) is 10.2 Å². The first-order chi connectivity index (χ1) is 14.8. The lowest BCUT2D eigenvalue weighted by molar-refractivity contribution is 0.289. The maximum absolute atomic E-state index is 5.61. The van der Waals surface area contributed by atoms with Crippen molar-refractivity contribution in [2.45, 2.75) is 50.6 Å². The molecule has 0 spiro atoms. The summed E-state index contributed by atoms with van der Waals surface area (Å²) in [6.07, 6.45) is 24.2. The number of imidazole rings is 1. The Morgan fingerprint density at radius 1 is 1.10 bits per heavy atom. The zero-order valence-corrected chi connectivity index (χ0v) is 16.7. The first-order valence-electron chi connectivity index (χ1n) is 10.7. The van der Waals surface area contributed by atoms with Gasteiger partial charge in [0, 0.05) is 42.8 Å². The van der Waals surface area contributed by atoms with E-state index in [2.05, 4.69) is 38.2 Å². The van der Waals surface area contributed by atoms with Crippen molar-refractivity contribution >= 4 is 5.65 Å². The van der Waals surface area contributed by atoms with E-state index in [0.717, 1.165) is 28.3 Å². The van der Waals surface area contributed by atoms with E-state index >= 15 is 0 Å². The minimum Gasteiger partial charge on any atom is -0.284 e. The molecular weight excluding hydrogens is 374 g/mol. The molecule has 0 N–H and O–H groups in total. The van der Waals surface area contributed by atoms with E-state index in [1.807, 2.05) is 33.7 Å². The maximum Gasteiger partial charge on any atom is 0.149 e. The number of hydrogen-bond acceptors (Lipinski definition) is 4.